The fourth-order valence-corrected chi connectivity index (χ4v) is 5.98. The molecule has 2 heterocycles. The Hall–Kier alpha value is -2.11. The van der Waals surface area contributed by atoms with E-state index in [9.17, 15) is 18.5 Å². The largest absolute Gasteiger partial charge is 0.487 e. The van der Waals surface area contributed by atoms with E-state index < -0.39 is 15.4 Å². The van der Waals surface area contributed by atoms with E-state index in [4.69, 9.17) is 4.74 Å². The fraction of sp³-hybridized carbons (Fsp3) is 0.579. The number of likely N-dealkylation sites (tertiary alicyclic amines) is 1. The van der Waals surface area contributed by atoms with Crippen molar-refractivity contribution in [2.45, 2.75) is 49.6 Å². The predicted octanol–water partition coefficient (Wildman–Crippen LogP) is 1.75. The lowest BCUT2D eigenvalue weighted by Gasteiger charge is -2.30. The fourth-order valence-electron chi connectivity index (χ4n) is 4.17. The van der Waals surface area contributed by atoms with Gasteiger partial charge in [-0.05, 0) is 31.4 Å². The molecule has 0 radical (unpaired) electrons. The molecule has 0 N–H and O–H groups in total. The molecule has 144 valence electrons. The number of hydrogen-bond acceptors (Lipinski definition) is 5. The van der Waals surface area contributed by atoms with Crippen LogP contribution in [-0.4, -0.2) is 55.3 Å². The molecule has 1 saturated heterocycles. The van der Waals surface area contributed by atoms with Crippen LogP contribution in [0.15, 0.2) is 29.2 Å². The van der Waals surface area contributed by atoms with E-state index in [2.05, 4.69) is 6.07 Å². The Morgan fingerprint density at radius 2 is 2.00 bits per heavy atom. The zero-order chi connectivity index (χ0) is 19.2. The molecular weight excluding hydrogens is 366 g/mol. The molecule has 1 aliphatic carbocycles. The molecular formula is C19H23N3O4S. The summed E-state index contributed by atoms with van der Waals surface area (Å²) in [6.07, 6.45) is 1.95. The van der Waals surface area contributed by atoms with Crippen molar-refractivity contribution in [3.05, 3.63) is 24.3 Å². The minimum atomic E-state index is -3.66. The first-order valence-corrected chi connectivity index (χ1v) is 10.8. The Morgan fingerprint density at radius 1 is 1.30 bits per heavy atom. The smallest absolute Gasteiger partial charge is 0.247 e. The molecule has 0 unspecified atom stereocenters. The van der Waals surface area contributed by atoms with Crippen molar-refractivity contribution in [2.24, 2.45) is 5.41 Å². The number of amides is 1. The zero-order valence-corrected chi connectivity index (χ0v) is 16.1. The number of nitrogens with zero attached hydrogens (tertiary/aromatic N) is 3. The monoisotopic (exact) mass is 389 g/mol. The van der Waals surface area contributed by atoms with Crippen molar-refractivity contribution in [2.75, 3.05) is 19.6 Å². The molecule has 3 aliphatic rings. The molecule has 1 aromatic carbocycles. The van der Waals surface area contributed by atoms with E-state index in [1.54, 1.807) is 29.2 Å². The number of sulfonamides is 1. The van der Waals surface area contributed by atoms with E-state index in [1.807, 2.05) is 6.92 Å². The Balaban J connectivity index is 1.65. The number of carbonyl (C=O) groups excluding carboxylic acids is 1. The first-order valence-electron chi connectivity index (χ1n) is 9.41. The topological polar surface area (TPSA) is 90.7 Å². The molecule has 27 heavy (non-hydrogen) atoms. The molecule has 2 atom stereocenters. The first-order chi connectivity index (χ1) is 12.9. The number of nitriles is 1. The lowest BCUT2D eigenvalue weighted by atomic mass is 10.1. The number of likely N-dealkylation sites (N-methyl/N-ethyl adjacent to an activating group) is 1. The molecule has 1 aromatic rings. The SMILES string of the molecule is CCN1[C@@H]2CCN(C(=O)C3(C#N)CC3)CC[C@H]2Oc2ccccc2S1(=O)=O. The Kier molecular flexibility index (Phi) is 4.40. The number of hydrogen-bond donors (Lipinski definition) is 0. The van der Waals surface area contributed by atoms with Crippen LogP contribution >= 0.6 is 0 Å². The highest BCUT2D eigenvalue weighted by Crippen LogP contribution is 2.47. The number of carbonyl (C=O) groups is 1. The van der Waals surface area contributed by atoms with Crippen LogP contribution in [0.4, 0.5) is 0 Å². The number of benzene rings is 1. The normalized spacial score (nSPS) is 28.5. The van der Waals surface area contributed by atoms with E-state index in [1.165, 1.54) is 4.31 Å². The number of fused-ring (bicyclic) bond motifs is 2. The summed E-state index contributed by atoms with van der Waals surface area (Å²) in [7, 11) is -3.66. The second kappa shape index (κ2) is 6.50. The summed E-state index contributed by atoms with van der Waals surface area (Å²) in [4.78, 5) is 14.7. The lowest BCUT2D eigenvalue weighted by molar-refractivity contribution is -0.134. The van der Waals surface area contributed by atoms with Gasteiger partial charge in [0.05, 0.1) is 12.1 Å². The minimum absolute atomic E-state index is 0.118. The van der Waals surface area contributed by atoms with E-state index >= 15 is 0 Å². The molecule has 1 amide bonds. The van der Waals surface area contributed by atoms with Crippen molar-refractivity contribution in [3.63, 3.8) is 0 Å². The average molecular weight is 389 g/mol. The van der Waals surface area contributed by atoms with E-state index in [0.717, 1.165) is 0 Å². The van der Waals surface area contributed by atoms with Gasteiger partial charge in [-0.2, -0.15) is 9.57 Å². The van der Waals surface area contributed by atoms with Crippen LogP contribution in [0.1, 0.15) is 32.6 Å². The van der Waals surface area contributed by atoms with Crippen molar-refractivity contribution in [3.8, 4) is 11.8 Å². The van der Waals surface area contributed by atoms with Gasteiger partial charge in [-0.25, -0.2) is 8.42 Å². The highest BCUT2D eigenvalue weighted by atomic mass is 32.2. The molecule has 7 nitrogen and oxygen atoms in total. The summed E-state index contributed by atoms with van der Waals surface area (Å²) in [5.41, 5.74) is -0.851. The number of rotatable bonds is 2. The maximum atomic E-state index is 13.2. The standard InChI is InChI=1S/C19H23N3O4S/c1-2-22-14-7-11-21(18(23)19(13-20)9-10-19)12-8-15(14)26-16-5-3-4-6-17(16)27(22,24)25/h3-6,14-15H,2,7-12H2,1H3/t14-,15-/m1/s1. The van der Waals surface area contributed by atoms with Gasteiger partial charge in [-0.1, -0.05) is 19.1 Å². The molecule has 0 aromatic heterocycles. The minimum Gasteiger partial charge on any atom is -0.487 e. The van der Waals surface area contributed by atoms with Crippen molar-refractivity contribution in [1.29, 1.82) is 5.26 Å². The molecule has 8 heteroatoms. The van der Waals surface area contributed by atoms with Gasteiger partial charge in [-0.3, -0.25) is 4.79 Å². The summed E-state index contributed by atoms with van der Waals surface area (Å²) in [6, 6.07) is 8.56. The second-order valence-electron chi connectivity index (χ2n) is 7.44. The van der Waals surface area contributed by atoms with Crippen LogP contribution < -0.4 is 4.74 Å². The molecule has 0 bridgehead atoms. The number of ether oxygens (including phenoxy) is 1. The van der Waals surface area contributed by atoms with Crippen LogP contribution in [-0.2, 0) is 14.8 Å². The summed E-state index contributed by atoms with van der Waals surface area (Å²) in [5.74, 6) is 0.256. The van der Waals surface area contributed by atoms with Crippen LogP contribution in [0.25, 0.3) is 0 Å². The second-order valence-corrected chi connectivity index (χ2v) is 9.30. The summed E-state index contributed by atoms with van der Waals surface area (Å²) >= 11 is 0. The maximum Gasteiger partial charge on any atom is 0.247 e. The van der Waals surface area contributed by atoms with Gasteiger partial charge < -0.3 is 9.64 Å². The highest BCUT2D eigenvalue weighted by molar-refractivity contribution is 7.89. The third kappa shape index (κ3) is 2.89. The summed E-state index contributed by atoms with van der Waals surface area (Å²) in [6.45, 7) is 3.08. The average Bonchev–Trinajstić information content (AvgIpc) is 3.48. The van der Waals surface area contributed by atoms with Gasteiger partial charge in [0, 0.05) is 26.1 Å². The Labute approximate surface area is 159 Å². The maximum absolute atomic E-state index is 13.2. The Bertz CT molecular complexity index is 904. The highest BCUT2D eigenvalue weighted by Gasteiger charge is 2.53. The van der Waals surface area contributed by atoms with Crippen molar-refractivity contribution in [1.82, 2.24) is 9.21 Å². The zero-order valence-electron chi connectivity index (χ0n) is 15.3. The van der Waals surface area contributed by atoms with Crippen molar-refractivity contribution < 1.29 is 17.9 Å². The molecule has 4 rings (SSSR count). The van der Waals surface area contributed by atoms with Crippen molar-refractivity contribution >= 4 is 15.9 Å². The molecule has 2 aliphatic heterocycles. The van der Waals surface area contributed by atoms with Gasteiger partial charge in [0.15, 0.2) is 0 Å². The van der Waals surface area contributed by atoms with Crippen LogP contribution in [0, 0.1) is 16.7 Å². The third-order valence-corrected chi connectivity index (χ3v) is 7.90. The van der Waals surface area contributed by atoms with E-state index in [-0.39, 0.29) is 22.9 Å². The lowest BCUT2D eigenvalue weighted by Crippen LogP contribution is -2.47. The van der Waals surface area contributed by atoms with Gasteiger partial charge in [0.2, 0.25) is 15.9 Å². The van der Waals surface area contributed by atoms with Gasteiger partial charge in [-0.15, -0.1) is 0 Å². The number of para-hydroxylation sites is 1. The Morgan fingerprint density at radius 3 is 2.67 bits per heavy atom. The van der Waals surface area contributed by atoms with Gasteiger partial charge in [0.1, 0.15) is 22.2 Å². The van der Waals surface area contributed by atoms with Gasteiger partial charge >= 0.3 is 0 Å². The van der Waals surface area contributed by atoms with Crippen LogP contribution in [0.3, 0.4) is 0 Å². The predicted molar refractivity (Wildman–Crippen MR) is 97.3 cm³/mol. The van der Waals surface area contributed by atoms with Gasteiger partial charge in [0.25, 0.3) is 0 Å². The van der Waals surface area contributed by atoms with E-state index in [0.29, 0.717) is 51.1 Å². The molecule has 0 spiro atoms. The first kappa shape index (κ1) is 18.3. The third-order valence-electron chi connectivity index (χ3n) is 5.86. The molecule has 1 saturated carbocycles. The van der Waals surface area contributed by atoms with Crippen LogP contribution in [0.5, 0.6) is 5.75 Å². The summed E-state index contributed by atoms with van der Waals surface area (Å²) < 4.78 is 34.0. The molecule has 2 fully saturated rings. The summed E-state index contributed by atoms with van der Waals surface area (Å²) in [5, 5.41) is 9.32. The quantitative estimate of drug-likeness (QED) is 0.769. The van der Waals surface area contributed by atoms with Crippen LogP contribution in [0.2, 0.25) is 0 Å².